The molecule has 5 heteroatoms. The van der Waals surface area contributed by atoms with E-state index in [1.54, 1.807) is 7.11 Å². The summed E-state index contributed by atoms with van der Waals surface area (Å²) in [6, 6.07) is 13.3. The Morgan fingerprint density at radius 3 is 2.80 bits per heavy atom. The first-order chi connectivity index (χ1) is 9.81. The molecule has 4 nitrogen and oxygen atoms in total. The zero-order valence-corrected chi connectivity index (χ0v) is 12.5. The molecule has 102 valence electrons. The lowest BCUT2D eigenvalue weighted by Gasteiger charge is -2.06. The average Bonchev–Trinajstić information content (AvgIpc) is 2.84. The number of ether oxygens (including phenoxy) is 2. The minimum Gasteiger partial charge on any atom is -0.497 e. The third kappa shape index (κ3) is 2.36. The molecule has 0 radical (unpaired) electrons. The summed E-state index contributed by atoms with van der Waals surface area (Å²) in [5.41, 5.74) is 1.84. The maximum Gasteiger partial charge on any atom is 0.242 e. The molecule has 0 aliphatic carbocycles. The van der Waals surface area contributed by atoms with E-state index >= 15 is 0 Å². The van der Waals surface area contributed by atoms with Crippen molar-refractivity contribution < 1.29 is 9.47 Å². The van der Waals surface area contributed by atoms with E-state index < -0.39 is 0 Å². The molecule has 1 aromatic carbocycles. The van der Waals surface area contributed by atoms with Crippen molar-refractivity contribution >= 4 is 21.6 Å². The van der Waals surface area contributed by atoms with E-state index in [1.165, 1.54) is 0 Å². The molecule has 0 saturated heterocycles. The van der Waals surface area contributed by atoms with Crippen molar-refractivity contribution in [3.8, 4) is 17.4 Å². The van der Waals surface area contributed by atoms with Gasteiger partial charge in [0.05, 0.1) is 12.8 Å². The standard InChI is InChI=1S/C15H13BrN2O2/c1-19-11-5-4-6-12(9-11)20-15-13(10-16)18-8-3-2-7-14(18)17-15/h2-9H,10H2,1H3. The zero-order chi connectivity index (χ0) is 13.9. The van der Waals surface area contributed by atoms with Crippen LogP contribution in [0.15, 0.2) is 48.7 Å². The minimum absolute atomic E-state index is 0.598. The van der Waals surface area contributed by atoms with Crippen LogP contribution in [0, 0.1) is 0 Å². The molecule has 0 fully saturated rings. The third-order valence-corrected chi connectivity index (χ3v) is 3.51. The van der Waals surface area contributed by atoms with Crippen LogP contribution in [-0.2, 0) is 5.33 Å². The second kappa shape index (κ2) is 5.54. The zero-order valence-electron chi connectivity index (χ0n) is 10.9. The lowest BCUT2D eigenvalue weighted by molar-refractivity contribution is 0.407. The number of aromatic nitrogens is 2. The van der Waals surface area contributed by atoms with Crippen LogP contribution in [0.2, 0.25) is 0 Å². The Balaban J connectivity index is 2.01. The van der Waals surface area contributed by atoms with Crippen LogP contribution >= 0.6 is 15.9 Å². The smallest absolute Gasteiger partial charge is 0.242 e. The fourth-order valence-corrected chi connectivity index (χ4v) is 2.51. The molecule has 0 spiro atoms. The number of alkyl halides is 1. The van der Waals surface area contributed by atoms with Crippen LogP contribution < -0.4 is 9.47 Å². The van der Waals surface area contributed by atoms with E-state index in [1.807, 2.05) is 53.1 Å². The summed E-state index contributed by atoms with van der Waals surface area (Å²) < 4.78 is 13.1. The highest BCUT2D eigenvalue weighted by molar-refractivity contribution is 9.08. The van der Waals surface area contributed by atoms with Gasteiger partial charge < -0.3 is 9.47 Å². The molecule has 0 bridgehead atoms. The molecule has 0 saturated carbocycles. The fraction of sp³-hybridized carbons (Fsp3) is 0.133. The van der Waals surface area contributed by atoms with Crippen molar-refractivity contribution in [2.75, 3.05) is 7.11 Å². The normalized spacial score (nSPS) is 10.7. The Bertz CT molecular complexity index is 740. The minimum atomic E-state index is 0.598. The van der Waals surface area contributed by atoms with Crippen molar-refractivity contribution in [2.24, 2.45) is 0 Å². The highest BCUT2D eigenvalue weighted by Gasteiger charge is 2.13. The Labute approximate surface area is 125 Å². The van der Waals surface area contributed by atoms with E-state index in [4.69, 9.17) is 9.47 Å². The summed E-state index contributed by atoms with van der Waals surface area (Å²) in [5, 5.41) is 0.664. The molecule has 0 aliphatic heterocycles. The number of fused-ring (bicyclic) bond motifs is 1. The number of nitrogens with zero attached hydrogens (tertiary/aromatic N) is 2. The molecule has 0 amide bonds. The number of imidazole rings is 1. The summed E-state index contributed by atoms with van der Waals surface area (Å²) in [6.07, 6.45) is 1.97. The Morgan fingerprint density at radius 2 is 2.00 bits per heavy atom. The summed E-state index contributed by atoms with van der Waals surface area (Å²) >= 11 is 3.48. The van der Waals surface area contributed by atoms with Gasteiger partial charge in [-0.1, -0.05) is 28.1 Å². The first kappa shape index (κ1) is 13.0. The number of pyridine rings is 1. The fourth-order valence-electron chi connectivity index (χ4n) is 2.00. The first-order valence-electron chi connectivity index (χ1n) is 6.15. The highest BCUT2D eigenvalue weighted by Crippen LogP contribution is 2.29. The molecular formula is C15H13BrN2O2. The van der Waals surface area contributed by atoms with Crippen LogP contribution in [0.5, 0.6) is 17.4 Å². The number of hydrogen-bond acceptors (Lipinski definition) is 3. The van der Waals surface area contributed by atoms with E-state index in [0.717, 1.165) is 17.1 Å². The van der Waals surface area contributed by atoms with Crippen LogP contribution in [0.25, 0.3) is 5.65 Å². The van der Waals surface area contributed by atoms with Gasteiger partial charge in [0.2, 0.25) is 5.88 Å². The monoisotopic (exact) mass is 332 g/mol. The average molecular weight is 333 g/mol. The summed E-state index contributed by atoms with van der Waals surface area (Å²) in [6.45, 7) is 0. The second-order valence-electron chi connectivity index (χ2n) is 4.21. The Kier molecular flexibility index (Phi) is 3.60. The number of hydrogen-bond donors (Lipinski definition) is 0. The van der Waals surface area contributed by atoms with E-state index in [0.29, 0.717) is 17.0 Å². The van der Waals surface area contributed by atoms with Gasteiger partial charge in [-0.3, -0.25) is 4.40 Å². The van der Waals surface area contributed by atoms with Gasteiger partial charge in [0.25, 0.3) is 0 Å². The lowest BCUT2D eigenvalue weighted by Crippen LogP contribution is -1.92. The highest BCUT2D eigenvalue weighted by atomic mass is 79.9. The van der Waals surface area contributed by atoms with Gasteiger partial charge in [-0.05, 0) is 24.3 Å². The van der Waals surface area contributed by atoms with Crippen LogP contribution in [0.4, 0.5) is 0 Å². The quantitative estimate of drug-likeness (QED) is 0.676. The van der Waals surface area contributed by atoms with Crippen molar-refractivity contribution in [3.05, 3.63) is 54.4 Å². The summed E-state index contributed by atoms with van der Waals surface area (Å²) in [4.78, 5) is 4.50. The maximum atomic E-state index is 5.89. The Morgan fingerprint density at radius 1 is 1.15 bits per heavy atom. The van der Waals surface area contributed by atoms with Crippen molar-refractivity contribution in [2.45, 2.75) is 5.33 Å². The summed E-state index contributed by atoms with van der Waals surface area (Å²) in [5.74, 6) is 2.06. The van der Waals surface area contributed by atoms with E-state index in [-0.39, 0.29) is 0 Å². The molecular weight excluding hydrogens is 320 g/mol. The van der Waals surface area contributed by atoms with Gasteiger partial charge in [0, 0.05) is 17.6 Å². The molecule has 2 aromatic heterocycles. The van der Waals surface area contributed by atoms with Crippen LogP contribution in [-0.4, -0.2) is 16.5 Å². The van der Waals surface area contributed by atoms with Gasteiger partial charge in [-0.2, -0.15) is 4.98 Å². The van der Waals surface area contributed by atoms with Crippen LogP contribution in [0.3, 0.4) is 0 Å². The third-order valence-electron chi connectivity index (χ3n) is 2.97. The summed E-state index contributed by atoms with van der Waals surface area (Å²) in [7, 11) is 1.63. The van der Waals surface area contributed by atoms with E-state index in [2.05, 4.69) is 20.9 Å². The van der Waals surface area contributed by atoms with Crippen molar-refractivity contribution in [3.63, 3.8) is 0 Å². The van der Waals surface area contributed by atoms with Crippen molar-refractivity contribution in [1.82, 2.24) is 9.38 Å². The SMILES string of the molecule is COc1cccc(Oc2nc3ccccn3c2CBr)c1. The number of rotatable bonds is 4. The van der Waals surface area contributed by atoms with Gasteiger partial charge >= 0.3 is 0 Å². The number of benzene rings is 1. The molecule has 0 unspecified atom stereocenters. The Hall–Kier alpha value is -2.01. The van der Waals surface area contributed by atoms with Gasteiger partial charge in [0.1, 0.15) is 17.1 Å². The second-order valence-corrected chi connectivity index (χ2v) is 4.77. The first-order valence-corrected chi connectivity index (χ1v) is 7.28. The molecule has 0 atom stereocenters. The molecule has 3 rings (SSSR count). The lowest BCUT2D eigenvalue weighted by atomic mass is 10.3. The molecule has 3 aromatic rings. The predicted octanol–water partition coefficient (Wildman–Crippen LogP) is 4.03. The molecule has 0 aliphatic rings. The van der Waals surface area contributed by atoms with Crippen LogP contribution in [0.1, 0.15) is 5.69 Å². The largest absolute Gasteiger partial charge is 0.497 e. The molecule has 2 heterocycles. The van der Waals surface area contributed by atoms with Gasteiger partial charge in [-0.25, -0.2) is 0 Å². The maximum absolute atomic E-state index is 5.89. The molecule has 0 N–H and O–H groups in total. The molecule has 20 heavy (non-hydrogen) atoms. The van der Waals surface area contributed by atoms with Gasteiger partial charge in [-0.15, -0.1) is 0 Å². The van der Waals surface area contributed by atoms with E-state index in [9.17, 15) is 0 Å². The number of halogens is 1. The predicted molar refractivity (Wildman–Crippen MR) is 80.9 cm³/mol. The van der Waals surface area contributed by atoms with Gasteiger partial charge in [0.15, 0.2) is 0 Å². The van der Waals surface area contributed by atoms with Crippen molar-refractivity contribution in [1.29, 1.82) is 0 Å². The number of methoxy groups -OCH3 is 1. The topological polar surface area (TPSA) is 35.8 Å².